The Labute approximate surface area is 125 Å². The highest BCUT2D eigenvalue weighted by Crippen LogP contribution is 2.41. The Morgan fingerprint density at radius 1 is 1.25 bits per heavy atom. The van der Waals surface area contributed by atoms with Gasteiger partial charge in [-0.3, -0.25) is 4.90 Å². The Bertz CT molecular complexity index is 628. The van der Waals surface area contributed by atoms with E-state index in [4.69, 9.17) is 0 Å². The van der Waals surface area contributed by atoms with Crippen molar-refractivity contribution in [2.24, 2.45) is 0 Å². The molecule has 1 aromatic heterocycles. The molecule has 0 amide bonds. The van der Waals surface area contributed by atoms with Gasteiger partial charge in [-0.1, -0.05) is 37.6 Å². The lowest BCUT2D eigenvalue weighted by molar-refractivity contribution is 0.162. The first-order valence-electron chi connectivity index (χ1n) is 7.77. The molecule has 3 heterocycles. The fourth-order valence-electron chi connectivity index (χ4n) is 3.71. The second kappa shape index (κ2) is 5.01. The largest absolute Gasteiger partial charge is 0.291 e. The molecule has 0 aliphatic carbocycles. The average Bonchev–Trinajstić information content (AvgIpc) is 2.89. The van der Waals surface area contributed by atoms with Gasteiger partial charge in [-0.05, 0) is 42.0 Å². The zero-order chi connectivity index (χ0) is 13.5. The Balaban J connectivity index is 1.70. The number of thiophene rings is 1. The van der Waals surface area contributed by atoms with Gasteiger partial charge in [0.15, 0.2) is 0 Å². The first kappa shape index (κ1) is 12.6. The summed E-state index contributed by atoms with van der Waals surface area (Å²) in [7, 11) is 0. The van der Waals surface area contributed by atoms with Gasteiger partial charge in [0.2, 0.25) is 0 Å². The van der Waals surface area contributed by atoms with Crippen LogP contribution >= 0.6 is 11.3 Å². The third-order valence-electron chi connectivity index (χ3n) is 4.72. The maximum Gasteiger partial charge on any atom is 0.0403 e. The van der Waals surface area contributed by atoms with Crippen LogP contribution in [0.25, 0.3) is 0 Å². The topological polar surface area (TPSA) is 3.24 Å². The van der Waals surface area contributed by atoms with Crippen molar-refractivity contribution in [3.8, 4) is 0 Å². The van der Waals surface area contributed by atoms with Crippen LogP contribution in [-0.2, 0) is 25.8 Å². The summed E-state index contributed by atoms with van der Waals surface area (Å²) in [5.41, 5.74) is 4.74. The quantitative estimate of drug-likeness (QED) is 0.791. The lowest BCUT2D eigenvalue weighted by atomic mass is 9.87. The molecule has 2 aliphatic heterocycles. The van der Waals surface area contributed by atoms with Crippen molar-refractivity contribution in [2.75, 3.05) is 6.54 Å². The molecule has 0 fully saturated rings. The maximum absolute atomic E-state index is 2.69. The molecule has 0 saturated heterocycles. The molecule has 104 valence electrons. The molecule has 0 spiro atoms. The molecule has 2 aromatic rings. The Kier molecular flexibility index (Phi) is 3.16. The molecule has 2 heteroatoms. The molecule has 1 aromatic carbocycles. The van der Waals surface area contributed by atoms with Crippen molar-refractivity contribution in [1.82, 2.24) is 4.90 Å². The van der Waals surface area contributed by atoms with E-state index in [1.54, 1.807) is 20.9 Å². The van der Waals surface area contributed by atoms with Crippen molar-refractivity contribution in [3.63, 3.8) is 0 Å². The molecule has 20 heavy (non-hydrogen) atoms. The number of hydrogen-bond donors (Lipinski definition) is 0. The minimum absolute atomic E-state index is 0.635. The van der Waals surface area contributed by atoms with E-state index in [9.17, 15) is 0 Å². The third-order valence-corrected chi connectivity index (χ3v) is 5.99. The van der Waals surface area contributed by atoms with Gasteiger partial charge < -0.3 is 0 Å². The summed E-state index contributed by atoms with van der Waals surface area (Å²) in [4.78, 5) is 5.94. The Hall–Kier alpha value is -1.12. The second-order valence-corrected chi connectivity index (χ2v) is 7.27. The second-order valence-electron chi connectivity index (χ2n) is 6.05. The number of hydrogen-bond acceptors (Lipinski definition) is 2. The highest BCUT2D eigenvalue weighted by molar-refractivity contribution is 7.12. The lowest BCUT2D eigenvalue weighted by Gasteiger charge is -2.40. The zero-order valence-corrected chi connectivity index (χ0v) is 12.9. The molecule has 4 rings (SSSR count). The van der Waals surface area contributed by atoms with Crippen LogP contribution in [0.3, 0.4) is 0 Å². The predicted octanol–water partition coefficient (Wildman–Crippen LogP) is 4.36. The lowest BCUT2D eigenvalue weighted by Crippen LogP contribution is -2.38. The highest BCUT2D eigenvalue weighted by Gasteiger charge is 2.32. The average molecular weight is 283 g/mol. The minimum Gasteiger partial charge on any atom is -0.291 e. The number of rotatable bonds is 2. The molecule has 0 bridgehead atoms. The molecule has 1 unspecified atom stereocenters. The van der Waals surface area contributed by atoms with Crippen LogP contribution < -0.4 is 0 Å². The number of fused-ring (bicyclic) bond motifs is 4. The summed E-state index contributed by atoms with van der Waals surface area (Å²) in [6.45, 7) is 4.65. The highest BCUT2D eigenvalue weighted by atomic mass is 32.1. The summed E-state index contributed by atoms with van der Waals surface area (Å²) in [6, 6.07) is 12.1. The summed E-state index contributed by atoms with van der Waals surface area (Å²) >= 11 is 2.07. The van der Waals surface area contributed by atoms with Crippen molar-refractivity contribution < 1.29 is 0 Å². The van der Waals surface area contributed by atoms with Crippen LogP contribution in [0.15, 0.2) is 30.3 Å². The Morgan fingerprint density at radius 3 is 2.95 bits per heavy atom. The van der Waals surface area contributed by atoms with Gasteiger partial charge in [-0.15, -0.1) is 11.3 Å². The van der Waals surface area contributed by atoms with E-state index in [-0.39, 0.29) is 0 Å². The SMILES string of the molecule is CCCc1cc2c(s1)CCN1Cc3ccccc3CC21. The smallest absolute Gasteiger partial charge is 0.0403 e. The van der Waals surface area contributed by atoms with Gasteiger partial charge in [-0.2, -0.15) is 0 Å². The molecule has 0 N–H and O–H groups in total. The van der Waals surface area contributed by atoms with E-state index >= 15 is 0 Å². The summed E-state index contributed by atoms with van der Waals surface area (Å²) in [5.74, 6) is 0. The fraction of sp³-hybridized carbons (Fsp3) is 0.444. The number of benzene rings is 1. The fourth-order valence-corrected chi connectivity index (χ4v) is 5.03. The van der Waals surface area contributed by atoms with Crippen molar-refractivity contribution in [3.05, 3.63) is 56.8 Å². The maximum atomic E-state index is 2.69. The van der Waals surface area contributed by atoms with Crippen LogP contribution in [0.4, 0.5) is 0 Å². The van der Waals surface area contributed by atoms with Crippen LogP contribution in [0.2, 0.25) is 0 Å². The van der Waals surface area contributed by atoms with E-state index in [2.05, 4.69) is 53.5 Å². The number of nitrogens with zero attached hydrogens (tertiary/aromatic N) is 1. The van der Waals surface area contributed by atoms with Gasteiger partial charge in [0.25, 0.3) is 0 Å². The Morgan fingerprint density at radius 2 is 2.10 bits per heavy atom. The van der Waals surface area contributed by atoms with E-state index in [0.717, 1.165) is 6.54 Å². The summed E-state index contributed by atoms with van der Waals surface area (Å²) in [6.07, 6.45) is 4.96. The van der Waals surface area contributed by atoms with E-state index in [1.807, 2.05) is 0 Å². The van der Waals surface area contributed by atoms with Crippen LogP contribution in [0.5, 0.6) is 0 Å². The van der Waals surface area contributed by atoms with Gasteiger partial charge in [-0.25, -0.2) is 0 Å². The first-order valence-corrected chi connectivity index (χ1v) is 8.59. The van der Waals surface area contributed by atoms with Crippen molar-refractivity contribution >= 4 is 11.3 Å². The summed E-state index contributed by atoms with van der Waals surface area (Å²) in [5, 5.41) is 0. The molecule has 0 saturated carbocycles. The van der Waals surface area contributed by atoms with Gasteiger partial charge in [0.1, 0.15) is 0 Å². The molecular formula is C18H21NS. The van der Waals surface area contributed by atoms with Crippen LogP contribution in [-0.4, -0.2) is 11.4 Å². The van der Waals surface area contributed by atoms with E-state index < -0.39 is 0 Å². The molecule has 2 aliphatic rings. The monoisotopic (exact) mass is 283 g/mol. The van der Waals surface area contributed by atoms with Gasteiger partial charge in [0, 0.05) is 28.9 Å². The van der Waals surface area contributed by atoms with Crippen LogP contribution in [0, 0.1) is 0 Å². The molecule has 1 nitrogen and oxygen atoms in total. The first-order chi connectivity index (χ1) is 9.85. The molecular weight excluding hydrogens is 262 g/mol. The zero-order valence-electron chi connectivity index (χ0n) is 12.1. The third kappa shape index (κ3) is 2.02. The normalized spacial score (nSPS) is 21.1. The standard InChI is InChI=1S/C18H21NS/c1-2-5-15-11-16-17-10-13-6-3-4-7-14(13)12-19(17)9-8-18(16)20-15/h3-4,6-7,11,17H,2,5,8-10,12H2,1H3. The van der Waals surface area contributed by atoms with Gasteiger partial charge in [0.05, 0.1) is 0 Å². The van der Waals surface area contributed by atoms with Crippen molar-refractivity contribution in [1.29, 1.82) is 0 Å². The van der Waals surface area contributed by atoms with Gasteiger partial charge >= 0.3 is 0 Å². The van der Waals surface area contributed by atoms with E-state index in [0.29, 0.717) is 6.04 Å². The van der Waals surface area contributed by atoms with Crippen LogP contribution in [0.1, 0.15) is 45.8 Å². The molecule has 1 atom stereocenters. The minimum atomic E-state index is 0.635. The molecule has 0 radical (unpaired) electrons. The summed E-state index contributed by atoms with van der Waals surface area (Å²) < 4.78 is 0. The number of aryl methyl sites for hydroxylation is 1. The van der Waals surface area contributed by atoms with Crippen molar-refractivity contribution in [2.45, 2.75) is 45.2 Å². The van der Waals surface area contributed by atoms with E-state index in [1.165, 1.54) is 37.8 Å². The predicted molar refractivity (Wildman–Crippen MR) is 85.3 cm³/mol.